The summed E-state index contributed by atoms with van der Waals surface area (Å²) in [6.07, 6.45) is 2.54. The molecule has 1 unspecified atom stereocenters. The molecule has 0 saturated carbocycles. The predicted molar refractivity (Wildman–Crippen MR) is 105 cm³/mol. The van der Waals surface area contributed by atoms with Crippen LogP contribution >= 0.6 is 8.03 Å². The van der Waals surface area contributed by atoms with Gasteiger partial charge >= 0.3 is 8.03 Å². The minimum Gasteiger partial charge on any atom is -0.274 e. The van der Waals surface area contributed by atoms with Crippen molar-refractivity contribution in [2.75, 3.05) is 19.3 Å². The van der Waals surface area contributed by atoms with E-state index in [2.05, 4.69) is 31.1 Å². The molecule has 7 heteroatoms. The minimum atomic E-state index is -1.73. The Morgan fingerprint density at radius 1 is 1.04 bits per heavy atom. The molecular formula is C19H25NO4PSi+. The van der Waals surface area contributed by atoms with Crippen LogP contribution in [0.15, 0.2) is 24.3 Å². The minimum absolute atomic E-state index is 0.217. The molecule has 26 heavy (non-hydrogen) atoms. The Morgan fingerprint density at radius 3 is 2.23 bits per heavy atom. The van der Waals surface area contributed by atoms with E-state index in [-0.39, 0.29) is 18.0 Å². The number of hydrogen-bond acceptors (Lipinski definition) is 4. The fraction of sp³-hybridized carbons (Fsp3) is 0.474. The molecule has 1 heterocycles. The second-order valence-electron chi connectivity index (χ2n) is 7.24. The van der Waals surface area contributed by atoms with Gasteiger partial charge in [-0.15, -0.1) is 10.1 Å². The highest BCUT2D eigenvalue weighted by Crippen LogP contribution is 2.23. The van der Waals surface area contributed by atoms with Gasteiger partial charge in [-0.3, -0.25) is 14.5 Å². The lowest BCUT2D eigenvalue weighted by atomic mass is 10.1. The quantitative estimate of drug-likeness (QED) is 0.220. The molecule has 1 aromatic carbocycles. The van der Waals surface area contributed by atoms with Gasteiger partial charge in [0.1, 0.15) is 14.7 Å². The van der Waals surface area contributed by atoms with Crippen molar-refractivity contribution in [2.45, 2.75) is 38.9 Å². The van der Waals surface area contributed by atoms with Crippen molar-refractivity contribution >= 4 is 27.9 Å². The summed E-state index contributed by atoms with van der Waals surface area (Å²) in [7, 11) is -3.15. The van der Waals surface area contributed by atoms with Gasteiger partial charge in [0, 0.05) is 6.54 Å². The van der Waals surface area contributed by atoms with E-state index >= 15 is 0 Å². The molecule has 0 N–H and O–H groups in total. The first-order chi connectivity index (χ1) is 12.3. The summed E-state index contributed by atoms with van der Waals surface area (Å²) in [5.74, 6) is 2.52. The maximum Gasteiger partial charge on any atom is 0.521 e. The summed E-state index contributed by atoms with van der Waals surface area (Å²) in [5, 5.41) is 0. The molecule has 138 valence electrons. The number of benzene rings is 1. The number of unbranched alkanes of at least 4 members (excludes halogenated alkanes) is 2. The topological polar surface area (TPSA) is 63.7 Å². The summed E-state index contributed by atoms with van der Waals surface area (Å²) in [6.45, 7) is 7.24. The van der Waals surface area contributed by atoms with Crippen molar-refractivity contribution in [1.29, 1.82) is 0 Å². The lowest BCUT2D eigenvalue weighted by Crippen LogP contribution is -2.30. The summed E-state index contributed by atoms with van der Waals surface area (Å²) in [4.78, 5) is 25.7. The summed E-state index contributed by atoms with van der Waals surface area (Å²) in [6, 6.07) is 6.90. The number of carbonyl (C=O) groups excluding carboxylic acids is 2. The molecule has 1 atom stereocenters. The fourth-order valence-corrected chi connectivity index (χ4v) is 3.97. The van der Waals surface area contributed by atoms with Crippen molar-refractivity contribution in [3.8, 4) is 11.5 Å². The lowest BCUT2D eigenvalue weighted by Gasteiger charge is -2.13. The van der Waals surface area contributed by atoms with Gasteiger partial charge in [0.15, 0.2) is 0 Å². The van der Waals surface area contributed by atoms with E-state index in [9.17, 15) is 14.2 Å². The Balaban J connectivity index is 1.63. The number of rotatable bonds is 8. The van der Waals surface area contributed by atoms with Crippen molar-refractivity contribution in [3.05, 3.63) is 35.4 Å². The van der Waals surface area contributed by atoms with E-state index in [0.717, 1.165) is 12.8 Å². The Labute approximate surface area is 157 Å². The third kappa shape index (κ3) is 5.88. The molecule has 2 rings (SSSR count). The van der Waals surface area contributed by atoms with Crippen molar-refractivity contribution in [1.82, 2.24) is 4.90 Å². The van der Waals surface area contributed by atoms with Crippen LogP contribution in [0.1, 0.15) is 40.0 Å². The Kier molecular flexibility index (Phi) is 7.28. The van der Waals surface area contributed by atoms with Crippen LogP contribution in [0.5, 0.6) is 0 Å². The molecule has 0 aliphatic carbocycles. The van der Waals surface area contributed by atoms with Gasteiger partial charge < -0.3 is 0 Å². The van der Waals surface area contributed by atoms with Gasteiger partial charge in [-0.05, 0) is 36.0 Å². The fourth-order valence-electron chi connectivity index (χ4n) is 2.57. The van der Waals surface area contributed by atoms with Gasteiger partial charge in [-0.1, -0.05) is 37.7 Å². The first-order valence-electron chi connectivity index (χ1n) is 8.82. The molecule has 0 radical (unpaired) electrons. The van der Waals surface area contributed by atoms with E-state index in [0.29, 0.717) is 30.7 Å². The van der Waals surface area contributed by atoms with Crippen LogP contribution in [0.2, 0.25) is 19.6 Å². The van der Waals surface area contributed by atoms with Gasteiger partial charge in [0.05, 0.1) is 11.1 Å². The monoisotopic (exact) mass is 390 g/mol. The van der Waals surface area contributed by atoms with Gasteiger partial charge in [0.2, 0.25) is 6.16 Å². The number of carbonyl (C=O) groups is 2. The highest BCUT2D eigenvalue weighted by molar-refractivity contribution is 7.39. The van der Waals surface area contributed by atoms with Crippen LogP contribution in [0.3, 0.4) is 0 Å². The zero-order chi connectivity index (χ0) is 19.2. The number of nitrogens with zero attached hydrogens (tertiary/aromatic N) is 1. The molecule has 1 aliphatic rings. The smallest absolute Gasteiger partial charge is 0.274 e. The second-order valence-corrected chi connectivity index (χ2v) is 13.2. The molecule has 0 bridgehead atoms. The van der Waals surface area contributed by atoms with Crippen LogP contribution < -0.4 is 0 Å². The first-order valence-corrected chi connectivity index (χ1v) is 13.7. The van der Waals surface area contributed by atoms with E-state index in [1.807, 2.05) is 0 Å². The summed E-state index contributed by atoms with van der Waals surface area (Å²) in [5.41, 5.74) is 4.13. The lowest BCUT2D eigenvalue weighted by molar-refractivity contribution is 0.0651. The average Bonchev–Trinajstić information content (AvgIpc) is 2.82. The van der Waals surface area contributed by atoms with Crippen molar-refractivity contribution < 1.29 is 18.7 Å². The number of imide groups is 1. The molecular weight excluding hydrogens is 365 g/mol. The van der Waals surface area contributed by atoms with E-state index in [4.69, 9.17) is 4.52 Å². The van der Waals surface area contributed by atoms with Crippen LogP contribution in [-0.2, 0) is 9.09 Å². The van der Waals surface area contributed by atoms with Crippen molar-refractivity contribution in [3.63, 3.8) is 0 Å². The molecule has 0 spiro atoms. The van der Waals surface area contributed by atoms with Crippen LogP contribution in [0.4, 0.5) is 0 Å². The average molecular weight is 390 g/mol. The predicted octanol–water partition coefficient (Wildman–Crippen LogP) is 4.09. The Morgan fingerprint density at radius 2 is 1.65 bits per heavy atom. The molecule has 0 fully saturated rings. The highest BCUT2D eigenvalue weighted by atomic mass is 31.1. The zero-order valence-corrected chi connectivity index (χ0v) is 17.5. The maximum atomic E-state index is 12.2. The van der Waals surface area contributed by atoms with E-state index in [1.54, 1.807) is 24.3 Å². The Hall–Kier alpha value is -1.80. The molecule has 1 aliphatic heterocycles. The van der Waals surface area contributed by atoms with Crippen LogP contribution in [0.25, 0.3) is 0 Å². The third-order valence-corrected chi connectivity index (χ3v) is 5.62. The standard InChI is InChI=1S/C19H25NO4PSi/c1-26(2,3)15-9-14-25(23)24-13-8-4-7-12-20-18(21)16-10-5-6-11-17(16)19(20)22/h5-6,10-11H,4,7-8,12-14H2,1-3H3/q+1. The molecule has 5 nitrogen and oxygen atoms in total. The molecule has 2 amide bonds. The number of amides is 2. The van der Waals surface area contributed by atoms with Crippen molar-refractivity contribution in [2.24, 2.45) is 0 Å². The molecule has 0 saturated heterocycles. The third-order valence-electron chi connectivity index (χ3n) is 3.81. The zero-order valence-electron chi connectivity index (χ0n) is 15.6. The van der Waals surface area contributed by atoms with Gasteiger partial charge in [0.25, 0.3) is 11.8 Å². The maximum absolute atomic E-state index is 12.2. The molecule has 1 aromatic rings. The number of fused-ring (bicyclic) bond motifs is 1. The van der Waals surface area contributed by atoms with Crippen LogP contribution in [0, 0.1) is 11.5 Å². The SMILES string of the molecule is C[Si](C)(C)C#CC[P+](=O)OCCCCCN1C(=O)c2ccccc2C1=O. The summed E-state index contributed by atoms with van der Waals surface area (Å²) < 4.78 is 17.0. The van der Waals surface area contributed by atoms with E-state index in [1.165, 1.54) is 4.90 Å². The first kappa shape index (κ1) is 20.5. The van der Waals surface area contributed by atoms with Crippen LogP contribution in [-0.4, -0.2) is 44.1 Å². The largest absolute Gasteiger partial charge is 0.521 e. The summed E-state index contributed by atoms with van der Waals surface area (Å²) >= 11 is 0. The van der Waals surface area contributed by atoms with E-state index < -0.39 is 16.1 Å². The Bertz CT molecular complexity index is 726. The van der Waals surface area contributed by atoms with Gasteiger partial charge in [-0.25, -0.2) is 0 Å². The number of hydrogen-bond donors (Lipinski definition) is 0. The normalized spacial score (nSPS) is 14.1. The second kappa shape index (κ2) is 9.23. The highest BCUT2D eigenvalue weighted by Gasteiger charge is 2.34. The van der Waals surface area contributed by atoms with Gasteiger partial charge in [-0.2, -0.15) is 0 Å². The molecule has 0 aromatic heterocycles.